The van der Waals surface area contributed by atoms with Gasteiger partial charge in [0.2, 0.25) is 10.0 Å². The van der Waals surface area contributed by atoms with E-state index in [1.807, 2.05) is 20.8 Å². The average Bonchev–Trinajstić information content (AvgIpc) is 2.52. The Hall–Kier alpha value is -1.99. The fourth-order valence-electron chi connectivity index (χ4n) is 1.96. The molecule has 2 aromatic rings. The van der Waals surface area contributed by atoms with Crippen LogP contribution in [0.4, 0.5) is 5.82 Å². The number of aromatic nitrogens is 2. The second-order valence-electron chi connectivity index (χ2n) is 5.66. The van der Waals surface area contributed by atoms with Gasteiger partial charge in [0.15, 0.2) is 0 Å². The molecule has 23 heavy (non-hydrogen) atoms. The van der Waals surface area contributed by atoms with Crippen LogP contribution in [0.25, 0.3) is 0 Å². The Morgan fingerprint density at radius 1 is 1.17 bits per heavy atom. The van der Waals surface area contributed by atoms with Gasteiger partial charge in [0.1, 0.15) is 5.82 Å². The van der Waals surface area contributed by atoms with Gasteiger partial charge < -0.3 is 5.32 Å². The van der Waals surface area contributed by atoms with E-state index in [9.17, 15) is 8.42 Å². The predicted octanol–water partition coefficient (Wildman–Crippen LogP) is 2.43. The zero-order valence-electron chi connectivity index (χ0n) is 13.8. The molecule has 2 rings (SSSR count). The molecule has 0 amide bonds. The molecule has 0 aliphatic rings. The highest BCUT2D eigenvalue weighted by Crippen LogP contribution is 2.17. The van der Waals surface area contributed by atoms with Crippen LogP contribution in [0.3, 0.4) is 0 Å². The number of hydrogen-bond acceptors (Lipinski definition) is 5. The van der Waals surface area contributed by atoms with Crippen molar-refractivity contribution in [2.45, 2.75) is 38.3 Å². The second kappa shape index (κ2) is 7.06. The van der Waals surface area contributed by atoms with Gasteiger partial charge >= 0.3 is 0 Å². The monoisotopic (exact) mass is 334 g/mol. The van der Waals surface area contributed by atoms with Crippen molar-refractivity contribution in [2.24, 2.45) is 0 Å². The third-order valence-corrected chi connectivity index (χ3v) is 5.60. The minimum atomic E-state index is -3.44. The average molecular weight is 334 g/mol. The van der Waals surface area contributed by atoms with Crippen LogP contribution >= 0.6 is 0 Å². The number of nitrogens with one attached hydrogen (secondary N) is 1. The largest absolute Gasteiger partial charge is 0.365 e. The van der Waals surface area contributed by atoms with Gasteiger partial charge in [0.25, 0.3) is 0 Å². The highest BCUT2D eigenvalue weighted by atomic mass is 32.2. The standard InChI is InChI=1S/C16H22N4O2S/c1-12(2)20(4)23(21,22)15-7-5-14(6-8-15)10-18-16-11-17-9-13(3)19-16/h5-9,11-12H,10H2,1-4H3,(H,18,19). The van der Waals surface area contributed by atoms with Crippen LogP contribution in [0.5, 0.6) is 0 Å². The van der Waals surface area contributed by atoms with Crippen LogP contribution in [0, 0.1) is 6.92 Å². The molecule has 0 saturated carbocycles. The minimum Gasteiger partial charge on any atom is -0.365 e. The normalized spacial score (nSPS) is 11.9. The van der Waals surface area contributed by atoms with E-state index in [0.29, 0.717) is 17.3 Å². The Bertz CT molecular complexity index is 758. The molecular formula is C16H22N4O2S. The number of sulfonamides is 1. The first kappa shape index (κ1) is 17.4. The van der Waals surface area contributed by atoms with Crippen LogP contribution in [0.2, 0.25) is 0 Å². The van der Waals surface area contributed by atoms with Gasteiger partial charge in [-0.15, -0.1) is 0 Å². The molecule has 1 aromatic carbocycles. The Morgan fingerprint density at radius 3 is 2.39 bits per heavy atom. The lowest BCUT2D eigenvalue weighted by atomic mass is 10.2. The molecule has 1 heterocycles. The minimum absolute atomic E-state index is 0.0822. The van der Waals surface area contributed by atoms with Crippen molar-refractivity contribution >= 4 is 15.8 Å². The van der Waals surface area contributed by atoms with Crippen LogP contribution in [-0.2, 0) is 16.6 Å². The van der Waals surface area contributed by atoms with E-state index >= 15 is 0 Å². The van der Waals surface area contributed by atoms with Crippen molar-refractivity contribution in [1.29, 1.82) is 0 Å². The Labute approximate surface area is 137 Å². The van der Waals surface area contributed by atoms with Gasteiger partial charge in [-0.3, -0.25) is 4.98 Å². The molecule has 0 radical (unpaired) electrons. The van der Waals surface area contributed by atoms with Gasteiger partial charge in [0.05, 0.1) is 16.8 Å². The Morgan fingerprint density at radius 2 is 1.83 bits per heavy atom. The maximum Gasteiger partial charge on any atom is 0.243 e. The van der Waals surface area contributed by atoms with Gasteiger partial charge in [-0.05, 0) is 38.5 Å². The summed E-state index contributed by atoms with van der Waals surface area (Å²) in [7, 11) is -1.85. The number of nitrogens with zero attached hydrogens (tertiary/aromatic N) is 3. The van der Waals surface area contributed by atoms with Gasteiger partial charge in [-0.2, -0.15) is 4.31 Å². The summed E-state index contributed by atoms with van der Waals surface area (Å²) in [6.07, 6.45) is 3.35. The van der Waals surface area contributed by atoms with E-state index in [1.54, 1.807) is 43.7 Å². The number of rotatable bonds is 6. The molecule has 0 aliphatic heterocycles. The third kappa shape index (κ3) is 4.27. The zero-order valence-corrected chi connectivity index (χ0v) is 14.6. The van der Waals surface area contributed by atoms with Gasteiger partial charge in [0, 0.05) is 25.8 Å². The first-order chi connectivity index (χ1) is 10.8. The van der Waals surface area contributed by atoms with E-state index in [4.69, 9.17) is 0 Å². The summed E-state index contributed by atoms with van der Waals surface area (Å²) in [6, 6.07) is 6.79. The van der Waals surface area contributed by atoms with Crippen molar-refractivity contribution < 1.29 is 8.42 Å². The second-order valence-corrected chi connectivity index (χ2v) is 7.66. The smallest absolute Gasteiger partial charge is 0.243 e. The quantitative estimate of drug-likeness (QED) is 0.878. The van der Waals surface area contributed by atoms with Crippen molar-refractivity contribution in [2.75, 3.05) is 12.4 Å². The molecule has 1 N–H and O–H groups in total. The zero-order chi connectivity index (χ0) is 17.0. The molecule has 0 fully saturated rings. The van der Waals surface area contributed by atoms with Crippen LogP contribution in [0.15, 0.2) is 41.6 Å². The molecule has 0 bridgehead atoms. The van der Waals surface area contributed by atoms with Crippen molar-refractivity contribution in [3.63, 3.8) is 0 Å². The number of aryl methyl sites for hydroxylation is 1. The number of hydrogen-bond donors (Lipinski definition) is 1. The Kier molecular flexibility index (Phi) is 5.33. The fourth-order valence-corrected chi connectivity index (χ4v) is 3.33. The lowest BCUT2D eigenvalue weighted by molar-refractivity contribution is 0.410. The molecular weight excluding hydrogens is 312 g/mol. The summed E-state index contributed by atoms with van der Waals surface area (Å²) >= 11 is 0. The van der Waals surface area contributed by atoms with Crippen LogP contribution in [0.1, 0.15) is 25.1 Å². The first-order valence-corrected chi connectivity index (χ1v) is 8.84. The van der Waals surface area contributed by atoms with Crippen molar-refractivity contribution in [3.05, 3.63) is 47.9 Å². The van der Waals surface area contributed by atoms with Crippen LogP contribution in [-0.4, -0.2) is 35.8 Å². The highest BCUT2D eigenvalue weighted by Gasteiger charge is 2.22. The van der Waals surface area contributed by atoms with Crippen molar-refractivity contribution in [3.8, 4) is 0 Å². The number of benzene rings is 1. The van der Waals surface area contributed by atoms with E-state index < -0.39 is 10.0 Å². The summed E-state index contributed by atoms with van der Waals surface area (Å²) in [6.45, 7) is 6.12. The predicted molar refractivity (Wildman–Crippen MR) is 90.6 cm³/mol. The topological polar surface area (TPSA) is 75.2 Å². The summed E-state index contributed by atoms with van der Waals surface area (Å²) < 4.78 is 26.2. The maximum atomic E-state index is 12.4. The molecule has 6 nitrogen and oxygen atoms in total. The van der Waals surface area contributed by atoms with Gasteiger partial charge in [-0.25, -0.2) is 13.4 Å². The third-order valence-electron chi connectivity index (χ3n) is 3.56. The maximum absolute atomic E-state index is 12.4. The molecule has 7 heteroatoms. The first-order valence-electron chi connectivity index (χ1n) is 7.40. The lowest BCUT2D eigenvalue weighted by Gasteiger charge is -2.21. The van der Waals surface area contributed by atoms with Gasteiger partial charge in [-0.1, -0.05) is 12.1 Å². The molecule has 0 aliphatic carbocycles. The SMILES string of the molecule is Cc1cncc(NCc2ccc(S(=O)(=O)N(C)C(C)C)cc2)n1. The number of anilines is 1. The molecule has 0 unspecified atom stereocenters. The molecule has 124 valence electrons. The van der Waals surface area contributed by atoms with E-state index in [1.165, 1.54) is 4.31 Å². The fraction of sp³-hybridized carbons (Fsp3) is 0.375. The van der Waals surface area contributed by atoms with E-state index in [0.717, 1.165) is 11.3 Å². The molecule has 1 aromatic heterocycles. The summed E-state index contributed by atoms with van der Waals surface area (Å²) in [5.41, 5.74) is 1.81. The molecule has 0 saturated heterocycles. The molecule has 0 atom stereocenters. The highest BCUT2D eigenvalue weighted by molar-refractivity contribution is 7.89. The lowest BCUT2D eigenvalue weighted by Crippen LogP contribution is -2.33. The van der Waals surface area contributed by atoms with E-state index in [-0.39, 0.29) is 6.04 Å². The summed E-state index contributed by atoms with van der Waals surface area (Å²) in [4.78, 5) is 8.68. The Balaban J connectivity index is 2.08. The van der Waals surface area contributed by atoms with Crippen molar-refractivity contribution in [1.82, 2.24) is 14.3 Å². The summed E-state index contributed by atoms with van der Waals surface area (Å²) in [5, 5.41) is 3.17. The van der Waals surface area contributed by atoms with E-state index in [2.05, 4.69) is 15.3 Å². The van der Waals surface area contributed by atoms with Crippen LogP contribution < -0.4 is 5.32 Å². The summed E-state index contributed by atoms with van der Waals surface area (Å²) in [5.74, 6) is 0.696. The molecule has 0 spiro atoms.